The second kappa shape index (κ2) is 12.1. The van der Waals surface area contributed by atoms with Gasteiger partial charge in [-0.1, -0.05) is 40.2 Å². The van der Waals surface area contributed by atoms with Crippen molar-refractivity contribution in [3.05, 3.63) is 127 Å². The van der Waals surface area contributed by atoms with Crippen LogP contribution in [0.25, 0.3) is 33.5 Å². The predicted molar refractivity (Wildman–Crippen MR) is 167 cm³/mol. The number of hydrogen-bond donors (Lipinski definition) is 0. The smallest absolute Gasteiger partial charge is 0.315 e. The van der Waals surface area contributed by atoms with Gasteiger partial charge in [-0.05, 0) is 67.1 Å². The summed E-state index contributed by atoms with van der Waals surface area (Å²) in [5.74, 6) is -0.0268. The van der Waals surface area contributed by atoms with Crippen LogP contribution in [0, 0.1) is 15.9 Å². The summed E-state index contributed by atoms with van der Waals surface area (Å²) in [6.45, 7) is 1.79. The second-order valence-electron chi connectivity index (χ2n) is 9.58. The summed E-state index contributed by atoms with van der Waals surface area (Å²) in [4.78, 5) is 29.8. The summed E-state index contributed by atoms with van der Waals surface area (Å²) >= 11 is 3.45. The van der Waals surface area contributed by atoms with E-state index in [2.05, 4.69) is 26.0 Å². The van der Waals surface area contributed by atoms with Crippen molar-refractivity contribution in [1.29, 1.82) is 0 Å². The maximum Gasteiger partial charge on any atom is 0.315 e. The zero-order valence-electron chi connectivity index (χ0n) is 23.1. The fourth-order valence-electron chi connectivity index (χ4n) is 4.65. The van der Waals surface area contributed by atoms with Gasteiger partial charge in [-0.15, -0.1) is 0 Å². The van der Waals surface area contributed by atoms with Crippen molar-refractivity contribution < 1.29 is 23.2 Å². The van der Waals surface area contributed by atoms with Gasteiger partial charge in [-0.2, -0.15) is 9.78 Å². The normalized spacial score (nSPS) is 11.4. The molecule has 44 heavy (non-hydrogen) atoms. The van der Waals surface area contributed by atoms with Crippen LogP contribution >= 0.6 is 15.9 Å². The number of aromatic nitrogens is 2. The third-order valence-corrected chi connectivity index (χ3v) is 7.09. The third-order valence-electron chi connectivity index (χ3n) is 6.60. The molecule has 0 saturated heterocycles. The summed E-state index contributed by atoms with van der Waals surface area (Å²) < 4.78 is 33.1. The highest BCUT2D eigenvalue weighted by Gasteiger charge is 2.23. The Balaban J connectivity index is 1.45. The van der Waals surface area contributed by atoms with Gasteiger partial charge in [0.05, 0.1) is 28.6 Å². The van der Waals surface area contributed by atoms with Crippen LogP contribution in [0.3, 0.4) is 0 Å². The lowest BCUT2D eigenvalue weighted by Gasteiger charge is -2.13. The monoisotopic (exact) mass is 656 g/mol. The molecule has 6 aromatic rings. The number of halogens is 2. The van der Waals surface area contributed by atoms with Gasteiger partial charge in [-0.3, -0.25) is 14.9 Å². The lowest BCUT2D eigenvalue weighted by Crippen LogP contribution is -2.20. The van der Waals surface area contributed by atoms with E-state index in [1.807, 2.05) is 12.1 Å². The van der Waals surface area contributed by atoms with Gasteiger partial charge in [-0.25, -0.2) is 9.37 Å². The van der Waals surface area contributed by atoms with Crippen LogP contribution < -0.4 is 15.0 Å². The molecule has 0 aliphatic heterocycles. The molecule has 0 aliphatic rings. The number of nitro groups is 1. The Hall–Kier alpha value is -5.36. The molecule has 220 valence electrons. The number of fused-ring (bicyclic) bond motifs is 2. The van der Waals surface area contributed by atoms with Gasteiger partial charge >= 0.3 is 5.69 Å². The van der Waals surface area contributed by atoms with Crippen molar-refractivity contribution in [3.8, 4) is 23.1 Å². The molecule has 0 spiro atoms. The number of nitrogens with zero attached hydrogens (tertiary/aromatic N) is 4. The maximum absolute atomic E-state index is 13.7. The summed E-state index contributed by atoms with van der Waals surface area (Å²) in [5.41, 5.74) is 0.944. The average Bonchev–Trinajstić information content (AvgIpc) is 3.43. The topological polar surface area (TPSA) is 122 Å². The fraction of sp³-hybridized carbons (Fsp3) is 0.0938. The molecule has 10 nitrogen and oxygen atoms in total. The Morgan fingerprint density at radius 2 is 1.91 bits per heavy atom. The van der Waals surface area contributed by atoms with Crippen molar-refractivity contribution in [3.63, 3.8) is 0 Å². The van der Waals surface area contributed by atoms with E-state index < -0.39 is 16.3 Å². The number of ether oxygens (including phenoxy) is 2. The molecule has 2 aromatic heterocycles. The Bertz CT molecular complexity index is 2140. The minimum atomic E-state index is -0.609. The zero-order chi connectivity index (χ0) is 30.8. The molecule has 0 radical (unpaired) electrons. The maximum atomic E-state index is 13.7. The molecule has 0 bridgehead atoms. The molecule has 4 aromatic carbocycles. The van der Waals surface area contributed by atoms with Crippen LogP contribution in [0.2, 0.25) is 0 Å². The van der Waals surface area contributed by atoms with Gasteiger partial charge < -0.3 is 13.9 Å². The van der Waals surface area contributed by atoms with Gasteiger partial charge in [0, 0.05) is 21.5 Å². The molecule has 0 saturated carbocycles. The molecule has 0 N–H and O–H groups in total. The van der Waals surface area contributed by atoms with E-state index in [9.17, 15) is 19.3 Å². The molecule has 12 heteroatoms. The van der Waals surface area contributed by atoms with Gasteiger partial charge in [0.15, 0.2) is 11.5 Å². The molecule has 0 unspecified atom stereocenters. The number of nitro benzene ring substituents is 1. The zero-order valence-corrected chi connectivity index (χ0v) is 24.7. The van der Waals surface area contributed by atoms with Crippen LogP contribution in [0.15, 0.2) is 104 Å². The van der Waals surface area contributed by atoms with E-state index in [0.717, 1.165) is 14.5 Å². The number of hydrogen-bond acceptors (Lipinski definition) is 8. The second-order valence-corrected chi connectivity index (χ2v) is 10.5. The minimum absolute atomic E-state index is 0.0895. The van der Waals surface area contributed by atoms with Crippen LogP contribution in [-0.4, -0.2) is 27.4 Å². The first-order chi connectivity index (χ1) is 21.3. The van der Waals surface area contributed by atoms with E-state index in [0.29, 0.717) is 27.8 Å². The van der Waals surface area contributed by atoms with Crippen molar-refractivity contribution in [1.82, 2.24) is 9.66 Å². The molecule has 0 fully saturated rings. The molecule has 6 rings (SSSR count). The minimum Gasteiger partial charge on any atom is -0.490 e. The molecule has 0 aliphatic carbocycles. The van der Waals surface area contributed by atoms with Crippen molar-refractivity contribution in [2.75, 3.05) is 6.61 Å². The van der Waals surface area contributed by atoms with Crippen LogP contribution in [0.1, 0.15) is 18.1 Å². The van der Waals surface area contributed by atoms with Crippen LogP contribution in [-0.2, 0) is 6.61 Å². The lowest BCUT2D eigenvalue weighted by molar-refractivity contribution is -0.386. The highest BCUT2D eigenvalue weighted by atomic mass is 79.9. The summed E-state index contributed by atoms with van der Waals surface area (Å²) in [6, 6.07) is 22.6. The summed E-state index contributed by atoms with van der Waals surface area (Å²) in [6.07, 6.45) is 1.30. The van der Waals surface area contributed by atoms with Crippen molar-refractivity contribution in [2.45, 2.75) is 13.5 Å². The highest BCUT2D eigenvalue weighted by molar-refractivity contribution is 9.10. The average molecular weight is 657 g/mol. The van der Waals surface area contributed by atoms with Crippen LogP contribution in [0.5, 0.6) is 11.5 Å². The number of rotatable bonds is 9. The van der Waals surface area contributed by atoms with E-state index >= 15 is 0 Å². The van der Waals surface area contributed by atoms with E-state index in [4.69, 9.17) is 13.9 Å². The Morgan fingerprint density at radius 3 is 2.70 bits per heavy atom. The van der Waals surface area contributed by atoms with E-state index in [1.54, 1.807) is 49.4 Å². The number of furan rings is 1. The largest absolute Gasteiger partial charge is 0.490 e. The third kappa shape index (κ3) is 5.79. The predicted octanol–water partition coefficient (Wildman–Crippen LogP) is 7.48. The number of para-hydroxylation sites is 1. The molecular weight excluding hydrogens is 635 g/mol. The highest BCUT2D eigenvalue weighted by Crippen LogP contribution is 2.39. The quantitative estimate of drug-likeness (QED) is 0.0898. The van der Waals surface area contributed by atoms with Gasteiger partial charge in [0.2, 0.25) is 11.6 Å². The van der Waals surface area contributed by atoms with Crippen molar-refractivity contribution >= 4 is 49.7 Å². The fourth-order valence-corrected chi connectivity index (χ4v) is 5.03. The van der Waals surface area contributed by atoms with Crippen LogP contribution in [0.4, 0.5) is 10.1 Å². The molecule has 0 atom stereocenters. The first-order valence-electron chi connectivity index (χ1n) is 13.4. The summed E-state index contributed by atoms with van der Waals surface area (Å²) in [7, 11) is 0. The standard InChI is InChI=1S/C32H22BrFN4O6/c1-2-42-28-14-20(13-26(38(40)41)30(28)43-18-19-6-5-7-23(34)12-19)17-35-37-31(36-25-9-4-3-8-24(25)32(37)39)29-16-21-15-22(33)10-11-27(21)44-29/h3-17H,2,18H2,1H3. The van der Waals surface area contributed by atoms with Gasteiger partial charge in [0.1, 0.15) is 18.0 Å². The molecular formula is C32H22BrFN4O6. The number of benzene rings is 4. The SMILES string of the molecule is CCOc1cc(C=Nn2c(-c3cc4cc(Br)ccc4o3)nc3ccccc3c2=O)cc([N+](=O)[O-])c1OCc1cccc(F)c1. The Morgan fingerprint density at radius 1 is 1.07 bits per heavy atom. The Kier molecular flexibility index (Phi) is 7.90. The Labute approximate surface area is 257 Å². The first-order valence-corrected chi connectivity index (χ1v) is 14.2. The lowest BCUT2D eigenvalue weighted by atomic mass is 10.1. The molecule has 0 amide bonds. The molecule has 2 heterocycles. The van der Waals surface area contributed by atoms with E-state index in [-0.39, 0.29) is 41.8 Å². The first kappa shape index (κ1) is 28.7. The van der Waals surface area contributed by atoms with Gasteiger partial charge in [0.25, 0.3) is 5.56 Å². The van der Waals surface area contributed by atoms with E-state index in [1.165, 1.54) is 36.5 Å². The van der Waals surface area contributed by atoms with Crippen molar-refractivity contribution in [2.24, 2.45) is 5.10 Å². The summed E-state index contributed by atoms with van der Waals surface area (Å²) in [5, 5.41) is 17.6.